The maximum atomic E-state index is 13.2. The van der Waals surface area contributed by atoms with Crippen molar-refractivity contribution in [1.29, 1.82) is 0 Å². The number of nitrogens with one attached hydrogen (secondary N) is 4. The number of benzene rings is 2. The van der Waals surface area contributed by atoms with Crippen molar-refractivity contribution in [2.45, 2.75) is 77.0 Å². The molecule has 41 heavy (non-hydrogen) atoms. The molecule has 220 valence electrons. The number of primary amides is 1. The predicted molar refractivity (Wildman–Crippen MR) is 153 cm³/mol. The lowest BCUT2D eigenvalue weighted by Crippen LogP contribution is -2.59. The number of nitrogens with two attached hydrogens (primary N) is 1. The summed E-state index contributed by atoms with van der Waals surface area (Å²) in [6.45, 7) is 5.97. The summed E-state index contributed by atoms with van der Waals surface area (Å²) in [6.07, 6.45) is 0.922. The Kier molecular flexibility index (Phi) is 12.2. The SMILES string of the molecule is CCC[C@H](NC(=O)C(=O)C(C)NC(=O)[C@H](Cc1ccccc1)NC(=O)Cc1ccccc1)C(=O)NC(C)(C)C(N)=O. The number of amides is 5. The molecule has 0 aromatic heterocycles. The quantitative estimate of drug-likeness (QED) is 0.199. The molecule has 11 nitrogen and oxygen atoms in total. The first-order valence-electron chi connectivity index (χ1n) is 13.5. The van der Waals surface area contributed by atoms with Gasteiger partial charge in [0.25, 0.3) is 5.91 Å². The largest absolute Gasteiger partial charge is 0.368 e. The Hall–Kier alpha value is -4.54. The minimum atomic E-state index is -1.36. The van der Waals surface area contributed by atoms with Gasteiger partial charge in [0.05, 0.1) is 12.5 Å². The highest BCUT2D eigenvalue weighted by Gasteiger charge is 2.33. The lowest BCUT2D eigenvalue weighted by molar-refractivity contribution is -0.142. The van der Waals surface area contributed by atoms with E-state index in [-0.39, 0.29) is 25.2 Å². The normalized spacial score (nSPS) is 13.2. The van der Waals surface area contributed by atoms with Crippen molar-refractivity contribution >= 4 is 35.3 Å². The van der Waals surface area contributed by atoms with Gasteiger partial charge in [-0.3, -0.25) is 28.8 Å². The second-order valence-electron chi connectivity index (χ2n) is 10.4. The molecule has 2 aromatic carbocycles. The second kappa shape index (κ2) is 15.3. The zero-order chi connectivity index (χ0) is 30.6. The molecule has 0 aliphatic carbocycles. The smallest absolute Gasteiger partial charge is 0.290 e. The van der Waals surface area contributed by atoms with Crippen LogP contribution in [0.25, 0.3) is 0 Å². The molecule has 2 rings (SSSR count). The van der Waals surface area contributed by atoms with Crippen LogP contribution in [0.4, 0.5) is 0 Å². The first kappa shape index (κ1) is 32.7. The lowest BCUT2D eigenvalue weighted by Gasteiger charge is -2.26. The van der Waals surface area contributed by atoms with Gasteiger partial charge in [-0.05, 0) is 38.3 Å². The summed E-state index contributed by atoms with van der Waals surface area (Å²) >= 11 is 0. The summed E-state index contributed by atoms with van der Waals surface area (Å²) in [5, 5.41) is 10.1. The number of Topliss-reactive ketones (excluding diaryl/α,β-unsaturated/α-hetero) is 1. The summed E-state index contributed by atoms with van der Waals surface area (Å²) in [6, 6.07) is 14.7. The Balaban J connectivity index is 2.09. The van der Waals surface area contributed by atoms with Crippen LogP contribution >= 0.6 is 0 Å². The Labute approximate surface area is 240 Å². The van der Waals surface area contributed by atoms with E-state index in [0.29, 0.717) is 6.42 Å². The molecule has 5 amide bonds. The monoisotopic (exact) mass is 565 g/mol. The van der Waals surface area contributed by atoms with Crippen molar-refractivity contribution in [1.82, 2.24) is 21.3 Å². The van der Waals surface area contributed by atoms with Crippen LogP contribution in [0.15, 0.2) is 60.7 Å². The fourth-order valence-electron chi connectivity index (χ4n) is 3.91. The fraction of sp³-hybridized carbons (Fsp3) is 0.400. The molecule has 0 saturated carbocycles. The van der Waals surface area contributed by atoms with E-state index in [9.17, 15) is 28.8 Å². The van der Waals surface area contributed by atoms with Gasteiger partial charge in [0.1, 0.15) is 17.6 Å². The van der Waals surface area contributed by atoms with Crippen molar-refractivity contribution in [3.05, 3.63) is 71.8 Å². The van der Waals surface area contributed by atoms with Gasteiger partial charge in [-0.2, -0.15) is 0 Å². The van der Waals surface area contributed by atoms with Gasteiger partial charge in [0, 0.05) is 6.42 Å². The minimum absolute atomic E-state index is 0.0593. The van der Waals surface area contributed by atoms with Gasteiger partial charge in [-0.1, -0.05) is 74.0 Å². The Morgan fingerprint density at radius 1 is 0.780 bits per heavy atom. The summed E-state index contributed by atoms with van der Waals surface area (Å²) in [5.74, 6) is -4.50. The summed E-state index contributed by atoms with van der Waals surface area (Å²) < 4.78 is 0. The number of carbonyl (C=O) groups is 6. The van der Waals surface area contributed by atoms with E-state index in [0.717, 1.165) is 11.1 Å². The zero-order valence-electron chi connectivity index (χ0n) is 23.9. The molecule has 0 spiro atoms. The predicted octanol–water partition coefficient (Wildman–Crippen LogP) is 0.695. The topological polar surface area (TPSA) is 177 Å². The minimum Gasteiger partial charge on any atom is -0.368 e. The van der Waals surface area contributed by atoms with Crippen LogP contribution in [0.1, 0.15) is 51.7 Å². The first-order valence-corrected chi connectivity index (χ1v) is 13.5. The summed E-state index contributed by atoms with van der Waals surface area (Å²) in [4.78, 5) is 75.8. The van der Waals surface area contributed by atoms with Crippen LogP contribution in [-0.2, 0) is 41.6 Å². The third kappa shape index (κ3) is 10.5. The molecule has 0 fully saturated rings. The standard InChI is InChI=1S/C30H39N5O6/c1-5-12-22(27(39)35-30(3,4)29(31)41)34-28(40)25(37)19(2)32-26(38)23(17-20-13-8-6-9-14-20)33-24(36)18-21-15-10-7-11-16-21/h6-11,13-16,19,22-23H,5,12,17-18H2,1-4H3,(H2,31,41)(H,32,38)(H,33,36)(H,34,40)(H,35,39)/t19?,22-,23-/m0/s1. The number of hydrogen-bond acceptors (Lipinski definition) is 6. The molecule has 0 bridgehead atoms. The van der Waals surface area contributed by atoms with E-state index in [1.165, 1.54) is 20.8 Å². The highest BCUT2D eigenvalue weighted by atomic mass is 16.2. The second-order valence-corrected chi connectivity index (χ2v) is 10.4. The maximum absolute atomic E-state index is 13.2. The molecule has 6 N–H and O–H groups in total. The molecule has 2 aromatic rings. The van der Waals surface area contributed by atoms with Gasteiger partial charge in [-0.15, -0.1) is 0 Å². The third-order valence-corrected chi connectivity index (χ3v) is 6.37. The third-order valence-electron chi connectivity index (χ3n) is 6.37. The van der Waals surface area contributed by atoms with Crippen LogP contribution in [0.5, 0.6) is 0 Å². The first-order chi connectivity index (χ1) is 19.3. The maximum Gasteiger partial charge on any atom is 0.290 e. The van der Waals surface area contributed by atoms with Crippen LogP contribution in [0, 0.1) is 0 Å². The van der Waals surface area contributed by atoms with E-state index < -0.39 is 53.1 Å². The number of carbonyl (C=O) groups excluding carboxylic acids is 6. The molecule has 0 aliphatic rings. The fourth-order valence-corrected chi connectivity index (χ4v) is 3.91. The van der Waals surface area contributed by atoms with Crippen molar-refractivity contribution in [3.63, 3.8) is 0 Å². The number of hydrogen-bond donors (Lipinski definition) is 5. The van der Waals surface area contributed by atoms with Crippen LogP contribution in [0.2, 0.25) is 0 Å². The molecule has 0 aliphatic heterocycles. The Morgan fingerprint density at radius 2 is 1.34 bits per heavy atom. The van der Waals surface area contributed by atoms with Gasteiger partial charge in [-0.25, -0.2) is 0 Å². The Bertz CT molecular complexity index is 1230. The van der Waals surface area contributed by atoms with Crippen molar-refractivity contribution in [2.75, 3.05) is 0 Å². The number of ketones is 1. The van der Waals surface area contributed by atoms with E-state index in [4.69, 9.17) is 5.73 Å². The molecule has 1 unspecified atom stereocenters. The van der Waals surface area contributed by atoms with Gasteiger partial charge < -0.3 is 27.0 Å². The van der Waals surface area contributed by atoms with Crippen molar-refractivity contribution in [3.8, 4) is 0 Å². The van der Waals surface area contributed by atoms with E-state index in [2.05, 4.69) is 21.3 Å². The molecule has 11 heteroatoms. The molecule has 0 radical (unpaired) electrons. The van der Waals surface area contributed by atoms with Gasteiger partial charge >= 0.3 is 0 Å². The average molecular weight is 566 g/mol. The van der Waals surface area contributed by atoms with E-state index in [1.807, 2.05) is 36.4 Å². The zero-order valence-corrected chi connectivity index (χ0v) is 23.9. The van der Waals surface area contributed by atoms with Crippen molar-refractivity contribution in [2.24, 2.45) is 5.73 Å². The van der Waals surface area contributed by atoms with E-state index in [1.54, 1.807) is 31.2 Å². The Morgan fingerprint density at radius 3 is 1.88 bits per heavy atom. The highest BCUT2D eigenvalue weighted by molar-refractivity contribution is 6.38. The van der Waals surface area contributed by atoms with Crippen LogP contribution in [-0.4, -0.2) is 59.0 Å². The van der Waals surface area contributed by atoms with Crippen LogP contribution < -0.4 is 27.0 Å². The molecule has 0 heterocycles. The molecule has 0 saturated heterocycles. The lowest BCUT2D eigenvalue weighted by atomic mass is 10.0. The van der Waals surface area contributed by atoms with Gasteiger partial charge in [0.15, 0.2) is 0 Å². The highest BCUT2D eigenvalue weighted by Crippen LogP contribution is 2.07. The van der Waals surface area contributed by atoms with Crippen molar-refractivity contribution < 1.29 is 28.8 Å². The number of rotatable bonds is 15. The molecular weight excluding hydrogens is 526 g/mol. The molecular formula is C30H39N5O6. The average Bonchev–Trinajstić information content (AvgIpc) is 2.92. The van der Waals surface area contributed by atoms with Crippen LogP contribution in [0.3, 0.4) is 0 Å². The summed E-state index contributed by atoms with van der Waals surface area (Å²) in [7, 11) is 0. The van der Waals surface area contributed by atoms with E-state index >= 15 is 0 Å². The molecule has 3 atom stereocenters. The summed E-state index contributed by atoms with van der Waals surface area (Å²) in [5.41, 5.74) is 5.51. The van der Waals surface area contributed by atoms with Gasteiger partial charge in [0.2, 0.25) is 29.4 Å².